The van der Waals surface area contributed by atoms with Gasteiger partial charge in [-0.25, -0.2) is 9.07 Å². The smallest absolute Gasteiger partial charge is 0.124 e. The molecule has 1 aliphatic heterocycles. The number of benzene rings is 2. The van der Waals surface area contributed by atoms with Crippen molar-refractivity contribution in [3.63, 3.8) is 0 Å². The van der Waals surface area contributed by atoms with E-state index in [0.717, 1.165) is 78.0 Å². The molecule has 4 aromatic rings. The lowest BCUT2D eigenvalue weighted by Crippen LogP contribution is -2.34. The maximum atomic E-state index is 13.4. The largest absolute Gasteiger partial charge is 0.497 e. The molecule has 0 radical (unpaired) electrons. The standard InChI is InChI=1S/C22H24FN5OS/c1-29-17-4-6-19-20(14-17)28(26-24-19)10-2-9-27-11-7-15(8-12-27)22-18-5-3-16(23)13-21(18)30-25-22/h3-6,13-15H,2,7-12H2,1H3. The molecular formula is C22H24FN5OS. The quantitative estimate of drug-likeness (QED) is 0.457. The van der Waals surface area contributed by atoms with E-state index >= 15 is 0 Å². The van der Waals surface area contributed by atoms with Crippen LogP contribution in [0, 0.1) is 5.82 Å². The average molecular weight is 426 g/mol. The summed E-state index contributed by atoms with van der Waals surface area (Å²) in [5.74, 6) is 1.10. The van der Waals surface area contributed by atoms with Crippen molar-refractivity contribution in [3.8, 4) is 5.75 Å². The average Bonchev–Trinajstić information content (AvgIpc) is 3.37. The van der Waals surface area contributed by atoms with Crippen molar-refractivity contribution in [2.24, 2.45) is 0 Å². The highest BCUT2D eigenvalue weighted by Crippen LogP contribution is 2.34. The van der Waals surface area contributed by atoms with Gasteiger partial charge < -0.3 is 9.64 Å². The topological polar surface area (TPSA) is 56.1 Å². The van der Waals surface area contributed by atoms with Gasteiger partial charge in [0.2, 0.25) is 0 Å². The summed E-state index contributed by atoms with van der Waals surface area (Å²) in [5, 5.41) is 9.65. The third-order valence-corrected chi connectivity index (χ3v) is 6.82. The Morgan fingerprint density at radius 2 is 2.00 bits per heavy atom. The Bertz CT molecular complexity index is 1160. The van der Waals surface area contributed by atoms with Crippen LogP contribution in [0.15, 0.2) is 36.4 Å². The third kappa shape index (κ3) is 3.77. The van der Waals surface area contributed by atoms with Gasteiger partial charge in [0.05, 0.1) is 23.0 Å². The number of nitrogens with zero attached hydrogens (tertiary/aromatic N) is 5. The summed E-state index contributed by atoms with van der Waals surface area (Å²) in [6.07, 6.45) is 3.22. The summed E-state index contributed by atoms with van der Waals surface area (Å²) >= 11 is 1.41. The highest BCUT2D eigenvalue weighted by Gasteiger charge is 2.24. The van der Waals surface area contributed by atoms with E-state index in [0.29, 0.717) is 5.92 Å². The Labute approximate surface area is 178 Å². The van der Waals surface area contributed by atoms with E-state index < -0.39 is 0 Å². The zero-order valence-electron chi connectivity index (χ0n) is 16.9. The van der Waals surface area contributed by atoms with Crippen LogP contribution in [-0.4, -0.2) is 51.0 Å². The van der Waals surface area contributed by atoms with Crippen LogP contribution < -0.4 is 4.74 Å². The van der Waals surface area contributed by atoms with Crippen LogP contribution in [-0.2, 0) is 6.54 Å². The van der Waals surface area contributed by atoms with E-state index in [4.69, 9.17) is 4.74 Å². The Morgan fingerprint density at radius 1 is 1.13 bits per heavy atom. The molecule has 30 heavy (non-hydrogen) atoms. The number of ether oxygens (including phenoxy) is 1. The molecule has 0 spiro atoms. The summed E-state index contributed by atoms with van der Waals surface area (Å²) < 4.78 is 26.3. The normalized spacial score (nSPS) is 15.9. The van der Waals surface area contributed by atoms with E-state index in [9.17, 15) is 4.39 Å². The van der Waals surface area contributed by atoms with Gasteiger partial charge in [0.15, 0.2) is 0 Å². The van der Waals surface area contributed by atoms with Crippen molar-refractivity contribution in [1.82, 2.24) is 24.3 Å². The second-order valence-electron chi connectivity index (χ2n) is 7.84. The number of halogens is 1. The van der Waals surface area contributed by atoms with Crippen LogP contribution in [0.5, 0.6) is 5.75 Å². The molecule has 0 saturated carbocycles. The molecule has 1 fully saturated rings. The lowest BCUT2D eigenvalue weighted by Gasteiger charge is -2.31. The minimum absolute atomic E-state index is 0.189. The fourth-order valence-corrected chi connectivity index (χ4v) is 5.22. The van der Waals surface area contributed by atoms with Gasteiger partial charge in [-0.05, 0) is 80.8 Å². The minimum atomic E-state index is -0.189. The molecule has 2 aromatic carbocycles. The van der Waals surface area contributed by atoms with Gasteiger partial charge >= 0.3 is 0 Å². The highest BCUT2D eigenvalue weighted by molar-refractivity contribution is 7.13. The first-order chi connectivity index (χ1) is 14.7. The van der Waals surface area contributed by atoms with E-state index in [2.05, 4.69) is 19.6 Å². The lowest BCUT2D eigenvalue weighted by molar-refractivity contribution is 0.206. The van der Waals surface area contributed by atoms with Crippen molar-refractivity contribution in [1.29, 1.82) is 0 Å². The van der Waals surface area contributed by atoms with Crippen molar-refractivity contribution < 1.29 is 9.13 Å². The SMILES string of the molecule is COc1ccc2nnn(CCCN3CCC(c4nsc5cc(F)ccc45)CC3)c2c1. The van der Waals surface area contributed by atoms with Crippen LogP contribution in [0.2, 0.25) is 0 Å². The fraction of sp³-hybridized carbons (Fsp3) is 0.409. The molecule has 1 saturated heterocycles. The monoisotopic (exact) mass is 425 g/mol. The number of fused-ring (bicyclic) bond motifs is 2. The Kier molecular flexibility index (Phi) is 5.35. The van der Waals surface area contributed by atoms with Crippen molar-refractivity contribution >= 4 is 32.7 Å². The molecule has 0 atom stereocenters. The van der Waals surface area contributed by atoms with Crippen molar-refractivity contribution in [2.75, 3.05) is 26.7 Å². The zero-order valence-corrected chi connectivity index (χ0v) is 17.7. The molecule has 5 rings (SSSR count). The number of aryl methyl sites for hydroxylation is 1. The molecule has 8 heteroatoms. The number of hydrogen-bond acceptors (Lipinski definition) is 6. The molecule has 1 aliphatic rings. The van der Waals surface area contributed by atoms with E-state index in [1.54, 1.807) is 19.2 Å². The number of piperidine rings is 1. The first kappa shape index (κ1) is 19.4. The van der Waals surface area contributed by atoms with Gasteiger partial charge in [-0.2, -0.15) is 4.37 Å². The molecule has 0 bridgehead atoms. The molecule has 3 heterocycles. The van der Waals surface area contributed by atoms with Crippen LogP contribution in [0.4, 0.5) is 4.39 Å². The van der Waals surface area contributed by atoms with Crippen LogP contribution in [0.25, 0.3) is 21.1 Å². The fourth-order valence-electron chi connectivity index (χ4n) is 4.34. The minimum Gasteiger partial charge on any atom is -0.497 e. The number of aromatic nitrogens is 4. The van der Waals surface area contributed by atoms with E-state index in [1.165, 1.54) is 11.5 Å². The maximum Gasteiger partial charge on any atom is 0.124 e. The summed E-state index contributed by atoms with van der Waals surface area (Å²) in [6.45, 7) is 4.01. The summed E-state index contributed by atoms with van der Waals surface area (Å²) in [7, 11) is 1.67. The van der Waals surface area contributed by atoms with Crippen LogP contribution in [0.1, 0.15) is 30.9 Å². The van der Waals surface area contributed by atoms with Gasteiger partial charge in [0, 0.05) is 23.9 Å². The summed E-state index contributed by atoms with van der Waals surface area (Å²) in [5.41, 5.74) is 3.06. The van der Waals surface area contributed by atoms with Gasteiger partial charge in [0.1, 0.15) is 17.1 Å². The lowest BCUT2D eigenvalue weighted by atomic mass is 9.91. The second kappa shape index (κ2) is 8.28. The Morgan fingerprint density at radius 3 is 2.83 bits per heavy atom. The number of rotatable bonds is 6. The van der Waals surface area contributed by atoms with Gasteiger partial charge in [-0.3, -0.25) is 0 Å². The summed E-state index contributed by atoms with van der Waals surface area (Å²) in [6, 6.07) is 10.9. The third-order valence-electron chi connectivity index (χ3n) is 6.00. The van der Waals surface area contributed by atoms with Crippen LogP contribution in [0.3, 0.4) is 0 Å². The van der Waals surface area contributed by atoms with Gasteiger partial charge in [-0.15, -0.1) is 5.10 Å². The van der Waals surface area contributed by atoms with E-state index in [1.807, 2.05) is 28.9 Å². The van der Waals surface area contributed by atoms with E-state index in [-0.39, 0.29) is 5.82 Å². The van der Waals surface area contributed by atoms with Crippen molar-refractivity contribution in [2.45, 2.75) is 31.7 Å². The second-order valence-corrected chi connectivity index (χ2v) is 8.65. The first-order valence-electron chi connectivity index (χ1n) is 10.4. The highest BCUT2D eigenvalue weighted by atomic mass is 32.1. The molecule has 6 nitrogen and oxygen atoms in total. The Hall–Kier alpha value is -2.58. The first-order valence-corrected chi connectivity index (χ1v) is 11.1. The molecular weight excluding hydrogens is 401 g/mol. The van der Waals surface area contributed by atoms with Gasteiger partial charge in [0.25, 0.3) is 0 Å². The number of methoxy groups -OCH3 is 1. The predicted molar refractivity (Wildman–Crippen MR) is 117 cm³/mol. The molecule has 0 amide bonds. The van der Waals surface area contributed by atoms with Crippen LogP contribution >= 0.6 is 11.5 Å². The van der Waals surface area contributed by atoms with Crippen molar-refractivity contribution in [3.05, 3.63) is 47.9 Å². The molecule has 0 aliphatic carbocycles. The molecule has 2 aromatic heterocycles. The number of hydrogen-bond donors (Lipinski definition) is 0. The molecule has 0 N–H and O–H groups in total. The summed E-state index contributed by atoms with van der Waals surface area (Å²) in [4.78, 5) is 2.52. The zero-order chi connectivity index (χ0) is 20.5. The maximum absolute atomic E-state index is 13.4. The molecule has 0 unspecified atom stereocenters. The number of likely N-dealkylation sites (tertiary alicyclic amines) is 1. The predicted octanol–water partition coefficient (Wildman–Crippen LogP) is 4.46. The van der Waals surface area contributed by atoms with Gasteiger partial charge in [-0.1, -0.05) is 5.21 Å². The molecule has 156 valence electrons. The Balaban J connectivity index is 1.16.